The molecule has 6 heteroatoms. The van der Waals surface area contributed by atoms with Crippen molar-refractivity contribution in [2.45, 2.75) is 57.5 Å². The predicted molar refractivity (Wildman–Crippen MR) is 92.2 cm³/mol. The summed E-state index contributed by atoms with van der Waals surface area (Å²) in [6.45, 7) is 1.53. The van der Waals surface area contributed by atoms with Gasteiger partial charge in [0.15, 0.2) is 0 Å². The second kappa shape index (κ2) is 6.34. The van der Waals surface area contributed by atoms with Gasteiger partial charge < -0.3 is 10.4 Å². The van der Waals surface area contributed by atoms with E-state index in [0.29, 0.717) is 12.6 Å². The largest absolute Gasteiger partial charge is 0.396 e. The van der Waals surface area contributed by atoms with Crippen molar-refractivity contribution in [3.63, 3.8) is 0 Å². The monoisotopic (exact) mass is 333 g/mol. The molecule has 0 radical (unpaired) electrons. The van der Waals surface area contributed by atoms with Crippen LogP contribution in [0.4, 0.5) is 0 Å². The molecule has 124 valence electrons. The minimum absolute atomic E-state index is 0.177. The number of aliphatic hydroxyl groups is 1. The molecule has 2 aromatic heterocycles. The van der Waals surface area contributed by atoms with E-state index in [2.05, 4.69) is 5.32 Å². The van der Waals surface area contributed by atoms with Crippen molar-refractivity contribution in [3.05, 3.63) is 26.6 Å². The number of fused-ring (bicyclic) bond motifs is 3. The van der Waals surface area contributed by atoms with Gasteiger partial charge in [0.2, 0.25) is 0 Å². The Balaban J connectivity index is 1.76. The van der Waals surface area contributed by atoms with E-state index in [1.165, 1.54) is 23.3 Å². The lowest BCUT2D eigenvalue weighted by atomic mass is 9.97. The van der Waals surface area contributed by atoms with Crippen LogP contribution < -0.4 is 10.9 Å². The van der Waals surface area contributed by atoms with E-state index in [1.54, 1.807) is 11.3 Å². The molecule has 0 amide bonds. The molecule has 2 heterocycles. The third-order valence-electron chi connectivity index (χ3n) is 4.80. The number of aromatic nitrogens is 2. The fourth-order valence-corrected chi connectivity index (χ4v) is 4.77. The molecule has 0 aliphatic heterocycles. The van der Waals surface area contributed by atoms with E-state index < -0.39 is 0 Å². The Morgan fingerprint density at radius 2 is 2.13 bits per heavy atom. The summed E-state index contributed by atoms with van der Waals surface area (Å²) in [6, 6.07) is 0.341. The average Bonchev–Trinajstić information content (AvgIpc) is 3.31. The van der Waals surface area contributed by atoms with E-state index >= 15 is 0 Å². The molecule has 2 N–H and O–H groups in total. The van der Waals surface area contributed by atoms with Crippen LogP contribution in [0.3, 0.4) is 0 Å². The highest BCUT2D eigenvalue weighted by Crippen LogP contribution is 2.37. The summed E-state index contributed by atoms with van der Waals surface area (Å²) >= 11 is 1.72. The standard InChI is InChI=1S/C17H23N3O2S/c21-9-3-8-18-10-14-19-16-15(17(22)20(14)11-6-7-11)12-4-1-2-5-13(12)23-16/h11,18,21H,1-10H2. The molecule has 0 atom stereocenters. The van der Waals surface area contributed by atoms with Gasteiger partial charge in [-0.3, -0.25) is 9.36 Å². The lowest BCUT2D eigenvalue weighted by Crippen LogP contribution is -2.28. The van der Waals surface area contributed by atoms with Crippen LogP contribution >= 0.6 is 11.3 Å². The average molecular weight is 333 g/mol. The van der Waals surface area contributed by atoms with Gasteiger partial charge in [-0.25, -0.2) is 4.98 Å². The molecule has 2 aliphatic carbocycles. The first-order valence-electron chi connectivity index (χ1n) is 8.67. The summed E-state index contributed by atoms with van der Waals surface area (Å²) in [4.78, 5) is 20.3. The number of nitrogens with zero attached hydrogens (tertiary/aromatic N) is 2. The third kappa shape index (κ3) is 2.84. The number of hydrogen-bond acceptors (Lipinski definition) is 5. The maximum absolute atomic E-state index is 13.1. The van der Waals surface area contributed by atoms with Crippen LogP contribution in [-0.2, 0) is 19.4 Å². The van der Waals surface area contributed by atoms with Crippen molar-refractivity contribution in [1.29, 1.82) is 0 Å². The van der Waals surface area contributed by atoms with Gasteiger partial charge in [-0.15, -0.1) is 11.3 Å². The van der Waals surface area contributed by atoms with Crippen molar-refractivity contribution in [2.75, 3.05) is 13.2 Å². The van der Waals surface area contributed by atoms with Crippen LogP contribution in [-0.4, -0.2) is 27.8 Å². The van der Waals surface area contributed by atoms with Gasteiger partial charge in [0.25, 0.3) is 5.56 Å². The molecule has 0 saturated heterocycles. The molecule has 0 spiro atoms. The van der Waals surface area contributed by atoms with Gasteiger partial charge in [-0.05, 0) is 57.1 Å². The van der Waals surface area contributed by atoms with Crippen LogP contribution in [0, 0.1) is 0 Å². The minimum atomic E-state index is 0.177. The Kier molecular flexibility index (Phi) is 4.22. The van der Waals surface area contributed by atoms with Crippen LogP contribution in [0.2, 0.25) is 0 Å². The molecule has 1 saturated carbocycles. The van der Waals surface area contributed by atoms with Gasteiger partial charge in [0.05, 0.1) is 11.9 Å². The molecule has 2 aromatic rings. The summed E-state index contributed by atoms with van der Waals surface area (Å²) in [6.07, 6.45) is 7.45. The number of nitrogens with one attached hydrogen (secondary N) is 1. The quantitative estimate of drug-likeness (QED) is 0.795. The molecule has 2 aliphatic rings. The lowest BCUT2D eigenvalue weighted by Gasteiger charge is -2.13. The zero-order valence-corrected chi connectivity index (χ0v) is 14.1. The minimum Gasteiger partial charge on any atom is -0.396 e. The third-order valence-corrected chi connectivity index (χ3v) is 5.99. The molecule has 0 bridgehead atoms. The zero-order valence-electron chi connectivity index (χ0n) is 13.3. The van der Waals surface area contributed by atoms with E-state index in [4.69, 9.17) is 10.1 Å². The number of hydrogen-bond donors (Lipinski definition) is 2. The van der Waals surface area contributed by atoms with E-state index in [0.717, 1.165) is 54.7 Å². The van der Waals surface area contributed by atoms with Crippen molar-refractivity contribution in [3.8, 4) is 0 Å². The molecule has 5 nitrogen and oxygen atoms in total. The summed E-state index contributed by atoms with van der Waals surface area (Å²) in [5, 5.41) is 13.1. The normalized spacial score (nSPS) is 17.6. The maximum Gasteiger partial charge on any atom is 0.262 e. The molecular formula is C17H23N3O2S. The number of rotatable bonds is 6. The number of aliphatic hydroxyl groups excluding tert-OH is 1. The predicted octanol–water partition coefficient (Wildman–Crippen LogP) is 2.14. The Labute approximate surface area is 139 Å². The first kappa shape index (κ1) is 15.3. The van der Waals surface area contributed by atoms with Crippen LogP contribution in [0.1, 0.15) is 54.4 Å². The summed E-state index contributed by atoms with van der Waals surface area (Å²) in [5.41, 5.74) is 1.46. The Morgan fingerprint density at radius 3 is 2.91 bits per heavy atom. The molecule has 1 fully saturated rings. The van der Waals surface area contributed by atoms with Crippen molar-refractivity contribution in [2.24, 2.45) is 0 Å². The Hall–Kier alpha value is -1.24. The second-order valence-corrected chi connectivity index (χ2v) is 7.66. The maximum atomic E-state index is 13.1. The number of aryl methyl sites for hydroxylation is 2. The van der Waals surface area contributed by atoms with Crippen LogP contribution in [0.5, 0.6) is 0 Å². The van der Waals surface area contributed by atoms with E-state index in [9.17, 15) is 4.79 Å². The van der Waals surface area contributed by atoms with Gasteiger partial charge in [-0.2, -0.15) is 0 Å². The van der Waals surface area contributed by atoms with Gasteiger partial charge in [0, 0.05) is 17.5 Å². The highest BCUT2D eigenvalue weighted by Gasteiger charge is 2.30. The lowest BCUT2D eigenvalue weighted by molar-refractivity contribution is 0.285. The zero-order chi connectivity index (χ0) is 15.8. The fourth-order valence-electron chi connectivity index (χ4n) is 3.50. The molecular weight excluding hydrogens is 310 g/mol. The Bertz CT molecular complexity index is 776. The van der Waals surface area contributed by atoms with Gasteiger partial charge in [-0.1, -0.05) is 0 Å². The van der Waals surface area contributed by atoms with E-state index in [-0.39, 0.29) is 12.2 Å². The van der Waals surface area contributed by atoms with Gasteiger partial charge in [0.1, 0.15) is 10.7 Å². The van der Waals surface area contributed by atoms with Gasteiger partial charge >= 0.3 is 0 Å². The topological polar surface area (TPSA) is 67.2 Å². The number of thiophene rings is 1. The molecule has 0 unspecified atom stereocenters. The first-order chi connectivity index (χ1) is 11.3. The summed E-state index contributed by atoms with van der Waals surface area (Å²) < 4.78 is 1.94. The van der Waals surface area contributed by atoms with Crippen molar-refractivity contribution < 1.29 is 5.11 Å². The molecule has 4 rings (SSSR count). The van der Waals surface area contributed by atoms with Crippen molar-refractivity contribution in [1.82, 2.24) is 14.9 Å². The highest BCUT2D eigenvalue weighted by molar-refractivity contribution is 7.18. The van der Waals surface area contributed by atoms with Crippen molar-refractivity contribution >= 4 is 21.6 Å². The molecule has 0 aromatic carbocycles. The second-order valence-electron chi connectivity index (χ2n) is 6.58. The SMILES string of the molecule is O=c1c2c3c(sc2nc(CNCCCO)n1C1CC1)CCCC3. The molecule has 23 heavy (non-hydrogen) atoms. The van der Waals surface area contributed by atoms with Crippen LogP contribution in [0.15, 0.2) is 4.79 Å². The Morgan fingerprint density at radius 1 is 1.30 bits per heavy atom. The highest BCUT2D eigenvalue weighted by atomic mass is 32.1. The van der Waals surface area contributed by atoms with Crippen LogP contribution in [0.25, 0.3) is 10.2 Å². The summed E-state index contributed by atoms with van der Waals surface area (Å²) in [7, 11) is 0. The first-order valence-corrected chi connectivity index (χ1v) is 9.48. The smallest absolute Gasteiger partial charge is 0.262 e. The van der Waals surface area contributed by atoms with E-state index in [1.807, 2.05) is 4.57 Å². The fraction of sp³-hybridized carbons (Fsp3) is 0.647. The summed E-state index contributed by atoms with van der Waals surface area (Å²) in [5.74, 6) is 0.863.